The van der Waals surface area contributed by atoms with Gasteiger partial charge in [0.2, 0.25) is 5.95 Å². The molecule has 0 bridgehead atoms. The number of thiophene rings is 1. The van der Waals surface area contributed by atoms with E-state index >= 15 is 0 Å². The summed E-state index contributed by atoms with van der Waals surface area (Å²) >= 11 is 8.38. The van der Waals surface area contributed by atoms with Crippen LogP contribution >= 0.6 is 43.2 Å². The largest absolute Gasteiger partial charge is 0.366 e. The first-order chi connectivity index (χ1) is 6.16. The summed E-state index contributed by atoms with van der Waals surface area (Å²) in [6.07, 6.45) is 0. The molecular weight excluding hydrogens is 320 g/mol. The van der Waals surface area contributed by atoms with Crippen molar-refractivity contribution in [1.82, 2.24) is 15.2 Å². The van der Waals surface area contributed by atoms with Gasteiger partial charge in [-0.05, 0) is 37.9 Å². The van der Waals surface area contributed by atoms with E-state index in [9.17, 15) is 0 Å². The fraction of sp³-hybridized carbons (Fsp3) is 0. The zero-order chi connectivity index (χ0) is 9.42. The van der Waals surface area contributed by atoms with Gasteiger partial charge in [-0.2, -0.15) is 4.98 Å². The average molecular weight is 324 g/mol. The molecule has 0 aliphatic heterocycles. The Hall–Kier alpha value is -0.400. The van der Waals surface area contributed by atoms with E-state index in [2.05, 4.69) is 47.0 Å². The number of halogens is 2. The zero-order valence-electron chi connectivity index (χ0n) is 6.21. The SMILES string of the molecule is Nc1n[nH]c(-c2cc(Br)sc2Br)n1. The molecule has 0 aliphatic rings. The van der Waals surface area contributed by atoms with Crippen molar-refractivity contribution < 1.29 is 0 Å². The van der Waals surface area contributed by atoms with Gasteiger partial charge in [0.25, 0.3) is 0 Å². The summed E-state index contributed by atoms with van der Waals surface area (Å²) in [6, 6.07) is 1.95. The van der Waals surface area contributed by atoms with E-state index in [1.54, 1.807) is 11.3 Å². The first-order valence-corrected chi connectivity index (χ1v) is 5.70. The number of nitrogens with one attached hydrogen (secondary N) is 1. The second-order valence-electron chi connectivity index (χ2n) is 2.28. The Morgan fingerprint density at radius 1 is 1.46 bits per heavy atom. The van der Waals surface area contributed by atoms with Crippen LogP contribution in [-0.4, -0.2) is 15.2 Å². The van der Waals surface area contributed by atoms with Gasteiger partial charge in [0.15, 0.2) is 5.82 Å². The second-order valence-corrected chi connectivity index (χ2v) is 6.03. The molecule has 13 heavy (non-hydrogen) atoms. The van der Waals surface area contributed by atoms with Gasteiger partial charge in [-0.3, -0.25) is 5.10 Å². The molecule has 0 amide bonds. The fourth-order valence-electron chi connectivity index (χ4n) is 0.897. The quantitative estimate of drug-likeness (QED) is 0.847. The monoisotopic (exact) mass is 322 g/mol. The van der Waals surface area contributed by atoms with Crippen molar-refractivity contribution in [2.75, 3.05) is 5.73 Å². The number of nitrogens with two attached hydrogens (primary N) is 1. The van der Waals surface area contributed by atoms with Gasteiger partial charge in [0.05, 0.1) is 7.57 Å². The predicted octanol–water partition coefficient (Wildman–Crippen LogP) is 2.64. The number of anilines is 1. The summed E-state index contributed by atoms with van der Waals surface area (Å²) in [5.41, 5.74) is 6.36. The summed E-state index contributed by atoms with van der Waals surface area (Å²) in [4.78, 5) is 4.02. The molecule has 2 aromatic rings. The lowest BCUT2D eigenvalue weighted by atomic mass is 10.3. The molecule has 3 N–H and O–H groups in total. The first-order valence-electron chi connectivity index (χ1n) is 3.30. The van der Waals surface area contributed by atoms with Crippen molar-refractivity contribution in [3.63, 3.8) is 0 Å². The molecule has 68 valence electrons. The molecule has 0 spiro atoms. The highest BCUT2D eigenvalue weighted by Gasteiger charge is 2.10. The molecule has 2 rings (SSSR count). The van der Waals surface area contributed by atoms with Gasteiger partial charge in [-0.25, -0.2) is 0 Å². The van der Waals surface area contributed by atoms with Gasteiger partial charge < -0.3 is 5.73 Å². The highest BCUT2D eigenvalue weighted by molar-refractivity contribution is 9.12. The molecule has 7 heteroatoms. The van der Waals surface area contributed by atoms with Gasteiger partial charge >= 0.3 is 0 Å². The molecule has 0 atom stereocenters. The molecule has 0 saturated heterocycles. The van der Waals surface area contributed by atoms with Crippen LogP contribution in [0.3, 0.4) is 0 Å². The van der Waals surface area contributed by atoms with Crippen LogP contribution in [0, 0.1) is 0 Å². The van der Waals surface area contributed by atoms with Crippen molar-refractivity contribution in [2.24, 2.45) is 0 Å². The fourth-order valence-corrected chi connectivity index (χ4v) is 3.70. The Morgan fingerprint density at radius 2 is 2.23 bits per heavy atom. The Bertz CT molecular complexity index is 436. The van der Waals surface area contributed by atoms with Crippen LogP contribution < -0.4 is 5.73 Å². The topological polar surface area (TPSA) is 67.6 Å². The van der Waals surface area contributed by atoms with E-state index in [0.29, 0.717) is 5.82 Å². The highest BCUT2D eigenvalue weighted by Crippen LogP contribution is 2.36. The molecule has 0 aromatic carbocycles. The molecule has 4 nitrogen and oxygen atoms in total. The maximum absolute atomic E-state index is 5.40. The van der Waals surface area contributed by atoms with E-state index < -0.39 is 0 Å². The van der Waals surface area contributed by atoms with Crippen molar-refractivity contribution >= 4 is 49.1 Å². The predicted molar refractivity (Wildman–Crippen MR) is 59.5 cm³/mol. The third kappa shape index (κ3) is 1.77. The van der Waals surface area contributed by atoms with Gasteiger partial charge in [-0.1, -0.05) is 0 Å². The molecule has 0 radical (unpaired) electrons. The molecule has 0 unspecified atom stereocenters. The maximum atomic E-state index is 5.40. The van der Waals surface area contributed by atoms with Gasteiger partial charge in [0.1, 0.15) is 0 Å². The number of nitrogens with zero attached hydrogens (tertiary/aromatic N) is 2. The summed E-state index contributed by atoms with van der Waals surface area (Å²) < 4.78 is 2.03. The molecular formula is C6H4Br2N4S. The summed E-state index contributed by atoms with van der Waals surface area (Å²) in [6.45, 7) is 0. The highest BCUT2D eigenvalue weighted by atomic mass is 79.9. The minimum atomic E-state index is 0.254. The lowest BCUT2D eigenvalue weighted by Gasteiger charge is -1.88. The molecule has 2 heterocycles. The van der Waals surface area contributed by atoms with Crippen LogP contribution in [0.15, 0.2) is 13.6 Å². The first kappa shape index (κ1) is 9.17. The van der Waals surface area contributed by atoms with Gasteiger partial charge in [-0.15, -0.1) is 16.4 Å². The number of H-pyrrole nitrogens is 1. The minimum absolute atomic E-state index is 0.254. The summed E-state index contributed by atoms with van der Waals surface area (Å²) in [5.74, 6) is 0.926. The van der Waals surface area contributed by atoms with Crippen LogP contribution in [0.1, 0.15) is 0 Å². The van der Waals surface area contributed by atoms with Crippen LogP contribution in [0.4, 0.5) is 5.95 Å². The number of aromatic nitrogens is 3. The summed E-state index contributed by atoms with van der Waals surface area (Å²) in [5, 5.41) is 6.50. The molecule has 0 fully saturated rings. The maximum Gasteiger partial charge on any atom is 0.239 e. The lowest BCUT2D eigenvalue weighted by Crippen LogP contribution is -1.85. The third-order valence-corrected chi connectivity index (χ3v) is 3.75. The van der Waals surface area contributed by atoms with E-state index in [1.807, 2.05) is 6.07 Å². The van der Waals surface area contributed by atoms with E-state index in [1.165, 1.54) is 0 Å². The number of nitrogen functional groups attached to an aromatic ring is 1. The van der Waals surface area contributed by atoms with Crippen molar-refractivity contribution in [1.29, 1.82) is 0 Å². The van der Waals surface area contributed by atoms with Crippen molar-refractivity contribution in [3.8, 4) is 11.4 Å². The van der Waals surface area contributed by atoms with Crippen LogP contribution in [0.25, 0.3) is 11.4 Å². The summed E-state index contributed by atoms with van der Waals surface area (Å²) in [7, 11) is 0. The van der Waals surface area contributed by atoms with Crippen molar-refractivity contribution in [2.45, 2.75) is 0 Å². The zero-order valence-corrected chi connectivity index (χ0v) is 10.2. The Labute approximate surface area is 94.8 Å². The lowest BCUT2D eigenvalue weighted by molar-refractivity contribution is 1.10. The molecule has 0 saturated carbocycles. The van der Waals surface area contributed by atoms with Crippen molar-refractivity contribution in [3.05, 3.63) is 13.6 Å². The van der Waals surface area contributed by atoms with E-state index in [-0.39, 0.29) is 5.95 Å². The van der Waals surface area contributed by atoms with Gasteiger partial charge in [0, 0.05) is 5.56 Å². The Morgan fingerprint density at radius 3 is 2.69 bits per heavy atom. The minimum Gasteiger partial charge on any atom is -0.366 e. The number of hydrogen-bond acceptors (Lipinski definition) is 4. The third-order valence-electron chi connectivity index (χ3n) is 1.41. The smallest absolute Gasteiger partial charge is 0.239 e. The van der Waals surface area contributed by atoms with E-state index in [4.69, 9.17) is 5.73 Å². The number of rotatable bonds is 1. The molecule has 2 aromatic heterocycles. The number of aromatic amines is 1. The Kier molecular flexibility index (Phi) is 2.39. The average Bonchev–Trinajstić information content (AvgIpc) is 2.58. The standard InChI is InChI=1S/C6H4Br2N4S/c7-3-1-2(4(8)13-3)5-10-6(9)12-11-5/h1H,(H3,9,10,11,12). The number of hydrogen-bond donors (Lipinski definition) is 2. The normalized spacial score (nSPS) is 10.6. The second kappa shape index (κ2) is 3.39. The van der Waals surface area contributed by atoms with Crippen LogP contribution in [0.2, 0.25) is 0 Å². The molecule has 0 aliphatic carbocycles. The Balaban J connectivity index is 2.51. The van der Waals surface area contributed by atoms with Crippen LogP contribution in [0.5, 0.6) is 0 Å². The van der Waals surface area contributed by atoms with Crippen LogP contribution in [-0.2, 0) is 0 Å². The van der Waals surface area contributed by atoms with E-state index in [0.717, 1.165) is 13.1 Å².